The molecule has 0 spiro atoms. The van der Waals surface area contributed by atoms with Crippen LogP contribution in [-0.4, -0.2) is 19.2 Å². The molecule has 0 saturated heterocycles. The SMILES string of the molecule is CCOC(=O)COc1ccc(SCc2ccccc2)cc1. The van der Waals surface area contributed by atoms with Crippen molar-refractivity contribution in [2.24, 2.45) is 0 Å². The number of carbonyl (C=O) groups excluding carboxylic acids is 1. The summed E-state index contributed by atoms with van der Waals surface area (Å²) in [6, 6.07) is 18.1. The summed E-state index contributed by atoms with van der Waals surface area (Å²) >= 11 is 1.77. The van der Waals surface area contributed by atoms with E-state index in [0.29, 0.717) is 12.4 Å². The highest BCUT2D eigenvalue weighted by atomic mass is 32.2. The zero-order valence-corrected chi connectivity index (χ0v) is 12.8. The van der Waals surface area contributed by atoms with Gasteiger partial charge in [0.05, 0.1) is 6.61 Å². The van der Waals surface area contributed by atoms with E-state index in [9.17, 15) is 4.79 Å². The Labute approximate surface area is 129 Å². The van der Waals surface area contributed by atoms with Crippen molar-refractivity contribution in [3.8, 4) is 5.75 Å². The molecular formula is C17H18O3S. The summed E-state index contributed by atoms with van der Waals surface area (Å²) in [4.78, 5) is 12.4. The van der Waals surface area contributed by atoms with Crippen LogP contribution in [0.3, 0.4) is 0 Å². The highest BCUT2D eigenvalue weighted by Crippen LogP contribution is 2.24. The molecule has 4 heteroatoms. The topological polar surface area (TPSA) is 35.5 Å². The summed E-state index contributed by atoms with van der Waals surface area (Å²) in [5.74, 6) is 1.26. The molecular weight excluding hydrogens is 284 g/mol. The minimum atomic E-state index is -0.347. The zero-order valence-electron chi connectivity index (χ0n) is 12.0. The summed E-state index contributed by atoms with van der Waals surface area (Å²) in [6.45, 7) is 2.10. The zero-order chi connectivity index (χ0) is 14.9. The quantitative estimate of drug-likeness (QED) is 0.573. The van der Waals surface area contributed by atoms with E-state index < -0.39 is 0 Å². The summed E-state index contributed by atoms with van der Waals surface area (Å²) in [6.07, 6.45) is 0. The molecule has 0 aliphatic rings. The summed E-state index contributed by atoms with van der Waals surface area (Å²) in [5.41, 5.74) is 1.30. The molecule has 0 radical (unpaired) electrons. The van der Waals surface area contributed by atoms with Gasteiger partial charge in [-0.3, -0.25) is 0 Å². The Balaban J connectivity index is 1.80. The number of ether oxygens (including phenoxy) is 2. The van der Waals surface area contributed by atoms with Crippen LogP contribution in [0.2, 0.25) is 0 Å². The molecule has 2 aromatic rings. The van der Waals surface area contributed by atoms with E-state index >= 15 is 0 Å². The largest absolute Gasteiger partial charge is 0.482 e. The minimum Gasteiger partial charge on any atom is -0.482 e. The van der Waals surface area contributed by atoms with Gasteiger partial charge in [0.15, 0.2) is 6.61 Å². The third-order valence-electron chi connectivity index (χ3n) is 2.73. The fraction of sp³-hybridized carbons (Fsp3) is 0.235. The van der Waals surface area contributed by atoms with Crippen molar-refractivity contribution in [2.75, 3.05) is 13.2 Å². The maximum atomic E-state index is 11.2. The molecule has 0 amide bonds. The predicted molar refractivity (Wildman–Crippen MR) is 84.6 cm³/mol. The third kappa shape index (κ3) is 5.52. The van der Waals surface area contributed by atoms with Gasteiger partial charge in [-0.05, 0) is 36.8 Å². The number of hydrogen-bond acceptors (Lipinski definition) is 4. The fourth-order valence-electron chi connectivity index (χ4n) is 1.72. The van der Waals surface area contributed by atoms with Crippen LogP contribution in [0.5, 0.6) is 5.75 Å². The summed E-state index contributed by atoms with van der Waals surface area (Å²) < 4.78 is 10.2. The molecule has 0 atom stereocenters. The molecule has 0 fully saturated rings. The van der Waals surface area contributed by atoms with Gasteiger partial charge in [0.2, 0.25) is 0 Å². The second kappa shape index (κ2) is 8.37. The van der Waals surface area contributed by atoms with Crippen molar-refractivity contribution in [2.45, 2.75) is 17.6 Å². The van der Waals surface area contributed by atoms with Crippen LogP contribution in [0.25, 0.3) is 0 Å². The first-order chi connectivity index (χ1) is 10.3. The molecule has 110 valence electrons. The first-order valence-electron chi connectivity index (χ1n) is 6.83. The standard InChI is InChI=1S/C17H18O3S/c1-2-19-17(18)12-20-15-8-10-16(11-9-15)21-13-14-6-4-3-5-7-14/h3-11H,2,12-13H2,1H3. The second-order valence-corrected chi connectivity index (χ2v) is 5.39. The van der Waals surface area contributed by atoms with Crippen LogP contribution >= 0.6 is 11.8 Å². The van der Waals surface area contributed by atoms with Crippen LogP contribution in [0, 0.1) is 0 Å². The Hall–Kier alpha value is -1.94. The molecule has 0 aliphatic heterocycles. The van der Waals surface area contributed by atoms with Crippen molar-refractivity contribution in [1.29, 1.82) is 0 Å². The van der Waals surface area contributed by atoms with Crippen molar-refractivity contribution in [3.63, 3.8) is 0 Å². The highest BCUT2D eigenvalue weighted by molar-refractivity contribution is 7.98. The molecule has 0 heterocycles. The van der Waals surface area contributed by atoms with Crippen molar-refractivity contribution < 1.29 is 14.3 Å². The number of carbonyl (C=O) groups is 1. The van der Waals surface area contributed by atoms with Crippen molar-refractivity contribution in [1.82, 2.24) is 0 Å². The lowest BCUT2D eigenvalue weighted by atomic mass is 10.2. The van der Waals surface area contributed by atoms with E-state index in [2.05, 4.69) is 12.1 Å². The molecule has 21 heavy (non-hydrogen) atoms. The lowest BCUT2D eigenvalue weighted by molar-refractivity contribution is -0.145. The maximum absolute atomic E-state index is 11.2. The predicted octanol–water partition coefficient (Wildman–Crippen LogP) is 3.92. The Morgan fingerprint density at radius 3 is 2.43 bits per heavy atom. The third-order valence-corrected chi connectivity index (χ3v) is 3.82. The van der Waals surface area contributed by atoms with E-state index in [0.717, 1.165) is 5.75 Å². The van der Waals surface area contributed by atoms with Gasteiger partial charge >= 0.3 is 5.97 Å². The molecule has 2 rings (SSSR count). The smallest absolute Gasteiger partial charge is 0.344 e. The number of esters is 1. The van der Waals surface area contributed by atoms with E-state index in [1.54, 1.807) is 18.7 Å². The second-order valence-electron chi connectivity index (χ2n) is 4.34. The van der Waals surface area contributed by atoms with Gasteiger partial charge in [0, 0.05) is 10.6 Å². The molecule has 0 saturated carbocycles. The number of rotatable bonds is 7. The van der Waals surface area contributed by atoms with Crippen molar-refractivity contribution >= 4 is 17.7 Å². The molecule has 0 unspecified atom stereocenters. The van der Waals surface area contributed by atoms with Crippen LogP contribution in [0.4, 0.5) is 0 Å². The van der Waals surface area contributed by atoms with Gasteiger partial charge in [-0.15, -0.1) is 11.8 Å². The van der Waals surface area contributed by atoms with Crippen LogP contribution in [0.15, 0.2) is 59.5 Å². The molecule has 0 aromatic heterocycles. The lowest BCUT2D eigenvalue weighted by Crippen LogP contribution is -2.14. The Bertz CT molecular complexity index is 552. The van der Waals surface area contributed by atoms with E-state index in [1.165, 1.54) is 10.5 Å². The number of benzene rings is 2. The lowest BCUT2D eigenvalue weighted by Gasteiger charge is -2.07. The average Bonchev–Trinajstić information content (AvgIpc) is 2.53. The van der Waals surface area contributed by atoms with E-state index in [4.69, 9.17) is 9.47 Å². The van der Waals surface area contributed by atoms with Crippen molar-refractivity contribution in [3.05, 3.63) is 60.2 Å². The first kappa shape index (κ1) is 15.4. The number of thioether (sulfide) groups is 1. The van der Waals surface area contributed by atoms with E-state index in [-0.39, 0.29) is 12.6 Å². The monoisotopic (exact) mass is 302 g/mol. The Morgan fingerprint density at radius 2 is 1.76 bits per heavy atom. The van der Waals surface area contributed by atoms with Gasteiger partial charge < -0.3 is 9.47 Å². The minimum absolute atomic E-state index is 0.0512. The summed E-state index contributed by atoms with van der Waals surface area (Å²) in [7, 11) is 0. The Kier molecular flexibility index (Phi) is 6.16. The van der Waals surface area contributed by atoms with Crippen LogP contribution < -0.4 is 4.74 Å². The summed E-state index contributed by atoms with van der Waals surface area (Å²) in [5, 5.41) is 0. The molecule has 0 bridgehead atoms. The van der Waals surface area contributed by atoms with Crippen LogP contribution in [0.1, 0.15) is 12.5 Å². The molecule has 2 aromatic carbocycles. The molecule has 0 N–H and O–H groups in total. The first-order valence-corrected chi connectivity index (χ1v) is 7.81. The van der Waals surface area contributed by atoms with Gasteiger partial charge in [-0.1, -0.05) is 30.3 Å². The van der Waals surface area contributed by atoms with Gasteiger partial charge in [0.1, 0.15) is 5.75 Å². The van der Waals surface area contributed by atoms with Gasteiger partial charge in [-0.25, -0.2) is 4.79 Å². The maximum Gasteiger partial charge on any atom is 0.344 e. The highest BCUT2D eigenvalue weighted by Gasteiger charge is 2.03. The normalized spacial score (nSPS) is 10.1. The number of hydrogen-bond donors (Lipinski definition) is 0. The average molecular weight is 302 g/mol. The van der Waals surface area contributed by atoms with Gasteiger partial charge in [-0.2, -0.15) is 0 Å². The molecule has 0 aliphatic carbocycles. The van der Waals surface area contributed by atoms with Crippen LogP contribution in [-0.2, 0) is 15.3 Å². The van der Waals surface area contributed by atoms with Gasteiger partial charge in [0.25, 0.3) is 0 Å². The molecule has 3 nitrogen and oxygen atoms in total. The fourth-order valence-corrected chi connectivity index (χ4v) is 2.57. The van der Waals surface area contributed by atoms with E-state index in [1.807, 2.05) is 42.5 Å². The Morgan fingerprint density at radius 1 is 1.05 bits per heavy atom.